The summed E-state index contributed by atoms with van der Waals surface area (Å²) in [4.78, 5) is 34.4. The minimum Gasteiger partial charge on any atom is -0.351 e. The number of carbonyl (C=O) groups is 1. The van der Waals surface area contributed by atoms with E-state index >= 15 is 0 Å². The molecular weight excluding hydrogens is 388 g/mol. The SMILES string of the molecule is CCn1cc(C(=O)NCCc2csc(-n3cccn3)n2)c(=O)c2ccc(C)nc21. The van der Waals surface area contributed by atoms with E-state index in [1.807, 2.05) is 36.1 Å². The monoisotopic (exact) mass is 408 g/mol. The number of hydrogen-bond acceptors (Lipinski definition) is 6. The molecule has 9 heteroatoms. The maximum Gasteiger partial charge on any atom is 0.256 e. The van der Waals surface area contributed by atoms with E-state index in [0.717, 1.165) is 16.5 Å². The number of nitrogens with one attached hydrogen (secondary N) is 1. The van der Waals surface area contributed by atoms with Crippen molar-refractivity contribution in [3.63, 3.8) is 0 Å². The first-order valence-corrected chi connectivity index (χ1v) is 10.2. The van der Waals surface area contributed by atoms with Gasteiger partial charge in [0.1, 0.15) is 11.2 Å². The predicted molar refractivity (Wildman–Crippen MR) is 112 cm³/mol. The van der Waals surface area contributed by atoms with Crippen molar-refractivity contribution in [1.29, 1.82) is 0 Å². The van der Waals surface area contributed by atoms with E-state index in [-0.39, 0.29) is 16.9 Å². The van der Waals surface area contributed by atoms with E-state index in [1.54, 1.807) is 29.2 Å². The molecule has 0 atom stereocenters. The average molecular weight is 408 g/mol. The molecule has 0 aliphatic carbocycles. The van der Waals surface area contributed by atoms with E-state index in [4.69, 9.17) is 0 Å². The maximum atomic E-state index is 12.8. The Bertz CT molecular complexity index is 1230. The van der Waals surface area contributed by atoms with Gasteiger partial charge in [0.05, 0.1) is 11.1 Å². The third-order valence-electron chi connectivity index (χ3n) is 4.55. The molecule has 0 spiro atoms. The Balaban J connectivity index is 1.49. The van der Waals surface area contributed by atoms with Crippen molar-refractivity contribution in [3.8, 4) is 5.13 Å². The quantitative estimate of drug-likeness (QED) is 0.528. The van der Waals surface area contributed by atoms with Gasteiger partial charge in [-0.1, -0.05) is 0 Å². The van der Waals surface area contributed by atoms with Crippen molar-refractivity contribution in [1.82, 2.24) is 29.6 Å². The third kappa shape index (κ3) is 3.81. The Kier molecular flexibility index (Phi) is 5.22. The molecular formula is C20H20N6O2S. The highest BCUT2D eigenvalue weighted by Crippen LogP contribution is 2.14. The fourth-order valence-electron chi connectivity index (χ4n) is 3.06. The predicted octanol–water partition coefficient (Wildman–Crippen LogP) is 2.34. The summed E-state index contributed by atoms with van der Waals surface area (Å²) in [6.07, 6.45) is 5.69. The molecule has 0 unspecified atom stereocenters. The van der Waals surface area contributed by atoms with Gasteiger partial charge in [-0.3, -0.25) is 9.59 Å². The van der Waals surface area contributed by atoms with E-state index < -0.39 is 0 Å². The molecule has 4 aromatic rings. The molecule has 1 N–H and O–H groups in total. The van der Waals surface area contributed by atoms with Crippen LogP contribution in [0.4, 0.5) is 0 Å². The molecule has 0 aliphatic heterocycles. The van der Waals surface area contributed by atoms with Crippen molar-refractivity contribution in [3.05, 3.63) is 69.3 Å². The van der Waals surface area contributed by atoms with Crippen LogP contribution in [0.15, 0.2) is 47.0 Å². The number of rotatable bonds is 6. The molecule has 4 heterocycles. The van der Waals surface area contributed by atoms with Crippen LogP contribution in [0.25, 0.3) is 16.2 Å². The zero-order chi connectivity index (χ0) is 20.4. The summed E-state index contributed by atoms with van der Waals surface area (Å²) in [5, 5.41) is 10.2. The highest BCUT2D eigenvalue weighted by atomic mass is 32.1. The Labute approximate surface area is 170 Å². The standard InChI is InChI=1S/C20H20N6O2S/c1-3-25-11-16(17(27)15-6-5-13(2)23-18(15)25)19(28)21-9-7-14-12-29-20(24-14)26-10-4-8-22-26/h4-6,8,10-12H,3,7,9H2,1-2H3,(H,21,28). The minimum absolute atomic E-state index is 0.125. The molecule has 0 fully saturated rings. The van der Waals surface area contributed by atoms with E-state index in [9.17, 15) is 9.59 Å². The first kappa shape index (κ1) is 19.0. The van der Waals surface area contributed by atoms with Crippen molar-refractivity contribution < 1.29 is 4.79 Å². The molecule has 0 radical (unpaired) electrons. The second-order valence-electron chi connectivity index (χ2n) is 6.56. The van der Waals surface area contributed by atoms with Crippen molar-refractivity contribution >= 4 is 28.3 Å². The van der Waals surface area contributed by atoms with Crippen molar-refractivity contribution in [2.75, 3.05) is 6.54 Å². The van der Waals surface area contributed by atoms with Gasteiger partial charge in [0.15, 0.2) is 0 Å². The molecule has 0 aliphatic rings. The fraction of sp³-hybridized carbons (Fsp3) is 0.250. The highest BCUT2D eigenvalue weighted by Gasteiger charge is 2.16. The zero-order valence-electron chi connectivity index (χ0n) is 16.1. The summed E-state index contributed by atoms with van der Waals surface area (Å²) in [5.74, 6) is -0.387. The number of carbonyl (C=O) groups excluding carboxylic acids is 1. The summed E-state index contributed by atoms with van der Waals surface area (Å²) in [6, 6.07) is 5.35. The van der Waals surface area contributed by atoms with Crippen LogP contribution in [0.5, 0.6) is 0 Å². The summed E-state index contributed by atoms with van der Waals surface area (Å²) in [6.45, 7) is 4.83. The number of amides is 1. The third-order valence-corrected chi connectivity index (χ3v) is 5.43. The van der Waals surface area contributed by atoms with Crippen LogP contribution < -0.4 is 10.7 Å². The van der Waals surface area contributed by atoms with Gasteiger partial charge in [-0.25, -0.2) is 14.6 Å². The largest absolute Gasteiger partial charge is 0.351 e. The number of fused-ring (bicyclic) bond motifs is 1. The van der Waals surface area contributed by atoms with Gasteiger partial charge in [-0.15, -0.1) is 11.3 Å². The lowest BCUT2D eigenvalue weighted by atomic mass is 10.1. The number of thiazole rings is 1. The van der Waals surface area contributed by atoms with Crippen LogP contribution in [-0.2, 0) is 13.0 Å². The molecule has 29 heavy (non-hydrogen) atoms. The second-order valence-corrected chi connectivity index (χ2v) is 7.40. The summed E-state index contributed by atoms with van der Waals surface area (Å²) in [5.41, 5.74) is 2.12. The average Bonchev–Trinajstić information content (AvgIpc) is 3.40. The molecule has 0 saturated heterocycles. The van der Waals surface area contributed by atoms with E-state index in [2.05, 4.69) is 20.4 Å². The van der Waals surface area contributed by atoms with Gasteiger partial charge in [0.25, 0.3) is 5.91 Å². The Hall–Kier alpha value is -3.33. The van der Waals surface area contributed by atoms with Crippen LogP contribution in [0.1, 0.15) is 28.7 Å². The lowest BCUT2D eigenvalue weighted by Gasteiger charge is -2.11. The van der Waals surface area contributed by atoms with E-state index in [0.29, 0.717) is 30.5 Å². The van der Waals surface area contributed by atoms with Gasteiger partial charge in [0, 0.05) is 49.2 Å². The Morgan fingerprint density at radius 3 is 2.90 bits per heavy atom. The van der Waals surface area contributed by atoms with Crippen molar-refractivity contribution in [2.24, 2.45) is 0 Å². The number of nitrogens with zero attached hydrogens (tertiary/aromatic N) is 5. The van der Waals surface area contributed by atoms with Crippen LogP contribution in [0.2, 0.25) is 0 Å². The number of pyridine rings is 2. The normalized spacial score (nSPS) is 11.1. The molecule has 148 valence electrons. The van der Waals surface area contributed by atoms with Crippen LogP contribution >= 0.6 is 11.3 Å². The lowest BCUT2D eigenvalue weighted by molar-refractivity contribution is 0.0952. The second kappa shape index (κ2) is 7.96. The number of aryl methyl sites for hydroxylation is 2. The Morgan fingerprint density at radius 2 is 2.14 bits per heavy atom. The Morgan fingerprint density at radius 1 is 1.28 bits per heavy atom. The highest BCUT2D eigenvalue weighted by molar-refractivity contribution is 7.12. The first-order valence-electron chi connectivity index (χ1n) is 9.30. The van der Waals surface area contributed by atoms with Crippen molar-refractivity contribution in [2.45, 2.75) is 26.8 Å². The maximum absolute atomic E-state index is 12.8. The topological polar surface area (TPSA) is 94.7 Å². The lowest BCUT2D eigenvalue weighted by Crippen LogP contribution is -2.31. The van der Waals surface area contributed by atoms with Gasteiger partial charge < -0.3 is 9.88 Å². The molecule has 8 nitrogen and oxygen atoms in total. The molecule has 0 bridgehead atoms. The smallest absolute Gasteiger partial charge is 0.256 e. The molecule has 0 aromatic carbocycles. The summed E-state index contributed by atoms with van der Waals surface area (Å²) in [7, 11) is 0. The van der Waals surface area contributed by atoms with Gasteiger partial charge in [-0.05, 0) is 32.0 Å². The molecule has 1 amide bonds. The molecule has 4 aromatic heterocycles. The minimum atomic E-state index is -0.387. The fourth-order valence-corrected chi connectivity index (χ4v) is 3.86. The van der Waals surface area contributed by atoms with E-state index in [1.165, 1.54) is 11.3 Å². The summed E-state index contributed by atoms with van der Waals surface area (Å²) >= 11 is 1.49. The number of aromatic nitrogens is 5. The van der Waals surface area contributed by atoms with Gasteiger partial charge in [-0.2, -0.15) is 5.10 Å². The number of hydrogen-bond donors (Lipinski definition) is 1. The van der Waals surface area contributed by atoms with Crippen LogP contribution in [0.3, 0.4) is 0 Å². The summed E-state index contributed by atoms with van der Waals surface area (Å²) < 4.78 is 3.53. The zero-order valence-corrected chi connectivity index (χ0v) is 16.9. The van der Waals surface area contributed by atoms with Gasteiger partial charge in [0.2, 0.25) is 10.6 Å². The van der Waals surface area contributed by atoms with Gasteiger partial charge >= 0.3 is 0 Å². The van der Waals surface area contributed by atoms with Crippen LogP contribution in [0, 0.1) is 6.92 Å². The molecule has 4 rings (SSSR count). The molecule has 0 saturated carbocycles. The van der Waals surface area contributed by atoms with Crippen LogP contribution in [-0.4, -0.2) is 36.8 Å². The first-order chi connectivity index (χ1) is 14.1.